The summed E-state index contributed by atoms with van der Waals surface area (Å²) in [6.45, 7) is 9.71. The van der Waals surface area contributed by atoms with Gasteiger partial charge in [-0.25, -0.2) is 0 Å². The van der Waals surface area contributed by atoms with Crippen LogP contribution < -0.4 is 5.32 Å². The van der Waals surface area contributed by atoms with Crippen molar-refractivity contribution in [1.82, 2.24) is 10.2 Å². The Labute approximate surface area is 189 Å². The van der Waals surface area contributed by atoms with Gasteiger partial charge in [-0.15, -0.1) is 0 Å². The molecule has 4 fully saturated rings. The molecule has 2 aliphatic carbocycles. The molecule has 6 heteroatoms. The molecule has 4 aliphatic rings. The summed E-state index contributed by atoms with van der Waals surface area (Å²) in [6, 6.07) is 5.61. The van der Waals surface area contributed by atoms with E-state index < -0.39 is 0 Å². The van der Waals surface area contributed by atoms with Gasteiger partial charge in [0.15, 0.2) is 0 Å². The predicted molar refractivity (Wildman–Crippen MR) is 120 cm³/mol. The number of nitrogens with one attached hydrogen (secondary N) is 1. The standard InChI is InChI=1S/C25H33ClN2O3/c1-15-10-18(27-21(29)16-6-7-19(20(26)11-16)23(2,3)4)13-28(15)22(30)25-12-17(25)14-31-24(25)8-5-9-24/h6-7,11,15,17-18H,5,8-10,12-14H2,1-4H3,(H,27,29)/t15?,17-,18?,25-/m0/s1. The van der Waals surface area contributed by atoms with Crippen LogP contribution in [0.3, 0.4) is 0 Å². The average molecular weight is 445 g/mol. The third-order valence-corrected chi connectivity index (χ3v) is 8.54. The van der Waals surface area contributed by atoms with Crippen LogP contribution in [0.15, 0.2) is 18.2 Å². The topological polar surface area (TPSA) is 58.6 Å². The summed E-state index contributed by atoms with van der Waals surface area (Å²) in [7, 11) is 0. The summed E-state index contributed by atoms with van der Waals surface area (Å²) in [5.74, 6) is 0.525. The van der Waals surface area contributed by atoms with Gasteiger partial charge < -0.3 is 15.0 Å². The van der Waals surface area contributed by atoms with E-state index in [1.807, 2.05) is 17.0 Å². The lowest BCUT2D eigenvalue weighted by Crippen LogP contribution is -2.54. The van der Waals surface area contributed by atoms with Gasteiger partial charge in [0.1, 0.15) is 0 Å². The molecule has 1 aromatic carbocycles. The highest BCUT2D eigenvalue weighted by molar-refractivity contribution is 6.31. The summed E-state index contributed by atoms with van der Waals surface area (Å²) < 4.78 is 6.12. The molecule has 2 heterocycles. The first-order valence-corrected chi connectivity index (χ1v) is 12.0. The Morgan fingerprint density at radius 1 is 1.26 bits per heavy atom. The number of halogens is 1. The summed E-state index contributed by atoms with van der Waals surface area (Å²) in [4.78, 5) is 28.5. The fraction of sp³-hybridized carbons (Fsp3) is 0.680. The number of carbonyl (C=O) groups excluding carboxylic acids is 2. The quantitative estimate of drug-likeness (QED) is 0.755. The Morgan fingerprint density at radius 3 is 2.58 bits per heavy atom. The molecule has 2 aliphatic heterocycles. The number of carbonyl (C=O) groups is 2. The maximum absolute atomic E-state index is 13.6. The van der Waals surface area contributed by atoms with Crippen LogP contribution in [0, 0.1) is 11.3 Å². The van der Waals surface area contributed by atoms with Crippen LogP contribution in [0.5, 0.6) is 0 Å². The minimum Gasteiger partial charge on any atom is -0.374 e. The third kappa shape index (κ3) is 3.14. The highest BCUT2D eigenvalue weighted by Gasteiger charge is 2.78. The molecule has 5 nitrogen and oxygen atoms in total. The number of amides is 2. The van der Waals surface area contributed by atoms with Crippen LogP contribution >= 0.6 is 11.6 Å². The Hall–Kier alpha value is -1.59. The summed E-state index contributed by atoms with van der Waals surface area (Å²) in [5, 5.41) is 3.75. The lowest BCUT2D eigenvalue weighted by Gasteiger charge is -2.45. The number of rotatable bonds is 3. The molecule has 0 bridgehead atoms. The molecule has 31 heavy (non-hydrogen) atoms. The first-order valence-electron chi connectivity index (χ1n) is 11.6. The van der Waals surface area contributed by atoms with Gasteiger partial charge in [0, 0.05) is 35.1 Å². The van der Waals surface area contributed by atoms with Gasteiger partial charge in [-0.3, -0.25) is 9.59 Å². The van der Waals surface area contributed by atoms with Crippen LogP contribution in [0.2, 0.25) is 5.02 Å². The number of hydrogen-bond donors (Lipinski definition) is 1. The number of nitrogens with zero attached hydrogens (tertiary/aromatic N) is 1. The van der Waals surface area contributed by atoms with E-state index in [-0.39, 0.29) is 40.3 Å². The molecule has 2 amide bonds. The van der Waals surface area contributed by atoms with E-state index in [1.54, 1.807) is 6.07 Å². The normalized spacial score (nSPS) is 33.2. The highest BCUT2D eigenvalue weighted by atomic mass is 35.5. The monoisotopic (exact) mass is 444 g/mol. The minimum absolute atomic E-state index is 0.0409. The SMILES string of the molecule is CC1CC(NC(=O)c2ccc(C(C)(C)C)c(Cl)c2)CN1C(=O)[C@]12C[C@H]1COC21CCC1. The first-order chi connectivity index (χ1) is 14.6. The molecule has 4 atom stereocenters. The predicted octanol–water partition coefficient (Wildman–Crippen LogP) is 4.32. The molecule has 0 aromatic heterocycles. The smallest absolute Gasteiger partial charge is 0.251 e. The fourth-order valence-corrected chi connectivity index (χ4v) is 6.70. The highest BCUT2D eigenvalue weighted by Crippen LogP contribution is 2.72. The van der Waals surface area contributed by atoms with Crippen molar-refractivity contribution in [2.75, 3.05) is 13.2 Å². The minimum atomic E-state index is -0.283. The van der Waals surface area contributed by atoms with Crippen molar-refractivity contribution in [2.45, 2.75) is 82.9 Å². The van der Waals surface area contributed by atoms with Crippen molar-refractivity contribution in [3.63, 3.8) is 0 Å². The Balaban J connectivity index is 1.26. The Kier molecular flexibility index (Phi) is 4.77. The number of hydrogen-bond acceptors (Lipinski definition) is 3. The summed E-state index contributed by atoms with van der Waals surface area (Å²) >= 11 is 6.46. The molecular formula is C25H33ClN2O3. The molecule has 0 radical (unpaired) electrons. The lowest BCUT2D eigenvalue weighted by molar-refractivity contribution is -0.159. The van der Waals surface area contributed by atoms with Crippen molar-refractivity contribution in [2.24, 2.45) is 11.3 Å². The zero-order chi connectivity index (χ0) is 22.2. The van der Waals surface area contributed by atoms with Gasteiger partial charge in [0.05, 0.1) is 17.6 Å². The number of benzene rings is 1. The average Bonchev–Trinajstić information content (AvgIpc) is 3.13. The van der Waals surface area contributed by atoms with Gasteiger partial charge in [-0.1, -0.05) is 38.4 Å². The third-order valence-electron chi connectivity index (χ3n) is 8.23. The first kappa shape index (κ1) is 21.3. The van der Waals surface area contributed by atoms with Crippen LogP contribution in [0.1, 0.15) is 75.7 Å². The summed E-state index contributed by atoms with van der Waals surface area (Å²) in [6.07, 6.45) is 4.95. The van der Waals surface area contributed by atoms with E-state index in [9.17, 15) is 9.59 Å². The molecule has 2 saturated heterocycles. The van der Waals surface area contributed by atoms with Crippen LogP contribution in [-0.2, 0) is 14.9 Å². The molecule has 2 unspecified atom stereocenters. The second-order valence-electron chi connectivity index (χ2n) is 11.2. The molecule has 1 aromatic rings. The van der Waals surface area contributed by atoms with Crippen LogP contribution in [0.25, 0.3) is 0 Å². The van der Waals surface area contributed by atoms with E-state index in [4.69, 9.17) is 16.3 Å². The lowest BCUT2D eigenvalue weighted by atomic mass is 9.68. The number of likely N-dealkylation sites (tertiary alicyclic amines) is 1. The number of ether oxygens (including phenoxy) is 1. The van der Waals surface area contributed by atoms with E-state index >= 15 is 0 Å². The van der Waals surface area contributed by atoms with Crippen LogP contribution in [0.4, 0.5) is 0 Å². The fourth-order valence-electron chi connectivity index (χ4n) is 6.23. The largest absolute Gasteiger partial charge is 0.374 e. The van der Waals surface area contributed by atoms with Crippen molar-refractivity contribution in [3.05, 3.63) is 34.3 Å². The van der Waals surface area contributed by atoms with E-state index in [0.29, 0.717) is 23.0 Å². The van der Waals surface area contributed by atoms with Crippen molar-refractivity contribution < 1.29 is 14.3 Å². The van der Waals surface area contributed by atoms with Crippen molar-refractivity contribution >= 4 is 23.4 Å². The molecule has 1 N–H and O–H groups in total. The zero-order valence-electron chi connectivity index (χ0n) is 19.0. The Bertz CT molecular complexity index is 935. The maximum atomic E-state index is 13.6. The second kappa shape index (κ2) is 6.95. The van der Waals surface area contributed by atoms with Gasteiger partial charge >= 0.3 is 0 Å². The zero-order valence-corrected chi connectivity index (χ0v) is 19.7. The van der Waals surface area contributed by atoms with Crippen molar-refractivity contribution in [1.29, 1.82) is 0 Å². The van der Waals surface area contributed by atoms with Gasteiger partial charge in [0.2, 0.25) is 5.91 Å². The van der Waals surface area contributed by atoms with Gasteiger partial charge in [-0.2, -0.15) is 0 Å². The van der Waals surface area contributed by atoms with Crippen molar-refractivity contribution in [3.8, 4) is 0 Å². The van der Waals surface area contributed by atoms with Gasteiger partial charge in [-0.05, 0) is 62.1 Å². The molecule has 2 saturated carbocycles. The maximum Gasteiger partial charge on any atom is 0.251 e. The van der Waals surface area contributed by atoms with E-state index in [0.717, 1.165) is 44.3 Å². The molecule has 168 valence electrons. The molecular weight excluding hydrogens is 412 g/mol. The van der Waals surface area contributed by atoms with E-state index in [1.165, 1.54) is 0 Å². The molecule has 5 rings (SSSR count). The Morgan fingerprint density at radius 2 is 2.00 bits per heavy atom. The molecule has 1 spiro atoms. The van der Waals surface area contributed by atoms with Gasteiger partial charge in [0.25, 0.3) is 5.91 Å². The summed E-state index contributed by atoms with van der Waals surface area (Å²) in [5.41, 5.74) is 1.04. The van der Waals surface area contributed by atoms with E-state index in [2.05, 4.69) is 33.0 Å². The van der Waals surface area contributed by atoms with Crippen LogP contribution in [-0.4, -0.2) is 47.6 Å². The number of fused-ring (bicyclic) bond motifs is 2. The second-order valence-corrected chi connectivity index (χ2v) is 11.6.